The van der Waals surface area contributed by atoms with E-state index in [0.29, 0.717) is 5.92 Å². The SMILES string of the molecule is CC(C)CC(C)N(C)C(=O)C1CNCc2ccccc21. The molecule has 0 spiro atoms. The van der Waals surface area contributed by atoms with Gasteiger partial charge in [-0.25, -0.2) is 0 Å². The van der Waals surface area contributed by atoms with Crippen LogP contribution in [0.4, 0.5) is 0 Å². The number of carbonyl (C=O) groups is 1. The molecule has 20 heavy (non-hydrogen) atoms. The third-order valence-electron chi connectivity index (χ3n) is 4.21. The summed E-state index contributed by atoms with van der Waals surface area (Å²) in [6.45, 7) is 8.15. The molecular formula is C17H26N2O. The predicted octanol–water partition coefficient (Wildman–Crippen LogP) is 2.77. The fourth-order valence-electron chi connectivity index (χ4n) is 3.02. The molecule has 0 saturated heterocycles. The van der Waals surface area contributed by atoms with E-state index in [2.05, 4.69) is 38.2 Å². The average molecular weight is 274 g/mol. The minimum absolute atomic E-state index is 0.0421. The smallest absolute Gasteiger partial charge is 0.231 e. The van der Waals surface area contributed by atoms with Crippen LogP contribution in [0.25, 0.3) is 0 Å². The van der Waals surface area contributed by atoms with Gasteiger partial charge in [0.1, 0.15) is 0 Å². The lowest BCUT2D eigenvalue weighted by atomic mass is 9.89. The van der Waals surface area contributed by atoms with Crippen LogP contribution in [-0.4, -0.2) is 30.4 Å². The van der Waals surface area contributed by atoms with E-state index in [4.69, 9.17) is 0 Å². The lowest BCUT2D eigenvalue weighted by Gasteiger charge is -2.33. The van der Waals surface area contributed by atoms with Gasteiger partial charge in [0, 0.05) is 26.2 Å². The van der Waals surface area contributed by atoms with Crippen molar-refractivity contribution in [3.05, 3.63) is 35.4 Å². The van der Waals surface area contributed by atoms with Gasteiger partial charge < -0.3 is 10.2 Å². The molecule has 3 nitrogen and oxygen atoms in total. The summed E-state index contributed by atoms with van der Waals surface area (Å²) in [6.07, 6.45) is 1.05. The van der Waals surface area contributed by atoms with Crippen LogP contribution in [0.3, 0.4) is 0 Å². The van der Waals surface area contributed by atoms with Gasteiger partial charge in [-0.1, -0.05) is 38.1 Å². The van der Waals surface area contributed by atoms with Crippen molar-refractivity contribution < 1.29 is 4.79 Å². The first-order chi connectivity index (χ1) is 9.50. The van der Waals surface area contributed by atoms with E-state index >= 15 is 0 Å². The molecule has 3 heteroatoms. The Hall–Kier alpha value is -1.35. The van der Waals surface area contributed by atoms with Crippen molar-refractivity contribution >= 4 is 5.91 Å². The summed E-state index contributed by atoms with van der Waals surface area (Å²) in [5.74, 6) is 0.800. The summed E-state index contributed by atoms with van der Waals surface area (Å²) < 4.78 is 0. The summed E-state index contributed by atoms with van der Waals surface area (Å²) in [5, 5.41) is 3.36. The van der Waals surface area contributed by atoms with Crippen molar-refractivity contribution in [2.24, 2.45) is 5.92 Å². The molecule has 0 fully saturated rings. The Bertz CT molecular complexity index is 470. The number of likely N-dealkylation sites (N-methyl/N-ethyl adjacent to an activating group) is 1. The molecule has 2 unspecified atom stereocenters. The lowest BCUT2D eigenvalue weighted by Crippen LogP contribution is -2.43. The van der Waals surface area contributed by atoms with Crippen LogP contribution in [0.1, 0.15) is 44.2 Å². The van der Waals surface area contributed by atoms with E-state index in [1.807, 2.05) is 24.1 Å². The van der Waals surface area contributed by atoms with Gasteiger partial charge in [-0.3, -0.25) is 4.79 Å². The van der Waals surface area contributed by atoms with E-state index in [1.54, 1.807) is 0 Å². The second-order valence-corrected chi connectivity index (χ2v) is 6.31. The summed E-state index contributed by atoms with van der Waals surface area (Å²) >= 11 is 0. The van der Waals surface area contributed by atoms with E-state index < -0.39 is 0 Å². The normalized spacial score (nSPS) is 19.6. The van der Waals surface area contributed by atoms with Crippen LogP contribution < -0.4 is 5.32 Å². The summed E-state index contributed by atoms with van der Waals surface area (Å²) in [6, 6.07) is 8.57. The highest BCUT2D eigenvalue weighted by Crippen LogP contribution is 2.26. The second kappa shape index (κ2) is 6.40. The molecule has 0 aliphatic carbocycles. The fourth-order valence-corrected chi connectivity index (χ4v) is 3.02. The Morgan fingerprint density at radius 3 is 2.75 bits per heavy atom. The largest absolute Gasteiger partial charge is 0.342 e. The van der Waals surface area contributed by atoms with Crippen molar-refractivity contribution in [3.63, 3.8) is 0 Å². The highest BCUT2D eigenvalue weighted by molar-refractivity contribution is 5.84. The molecule has 1 aromatic carbocycles. The van der Waals surface area contributed by atoms with E-state index in [9.17, 15) is 4.79 Å². The number of fused-ring (bicyclic) bond motifs is 1. The molecule has 0 bridgehead atoms. The third kappa shape index (κ3) is 3.21. The van der Waals surface area contributed by atoms with Crippen LogP contribution >= 0.6 is 0 Å². The van der Waals surface area contributed by atoms with E-state index in [0.717, 1.165) is 19.5 Å². The predicted molar refractivity (Wildman–Crippen MR) is 82.6 cm³/mol. The van der Waals surface area contributed by atoms with Gasteiger partial charge in [0.15, 0.2) is 0 Å². The highest BCUT2D eigenvalue weighted by atomic mass is 16.2. The van der Waals surface area contributed by atoms with Gasteiger partial charge in [-0.2, -0.15) is 0 Å². The molecule has 1 aromatic rings. The van der Waals surface area contributed by atoms with Crippen molar-refractivity contribution in [1.82, 2.24) is 10.2 Å². The molecule has 1 aliphatic heterocycles. The quantitative estimate of drug-likeness (QED) is 0.915. The number of amides is 1. The Morgan fingerprint density at radius 2 is 2.05 bits per heavy atom. The first-order valence-corrected chi connectivity index (χ1v) is 7.56. The zero-order chi connectivity index (χ0) is 14.7. The van der Waals surface area contributed by atoms with E-state index in [-0.39, 0.29) is 17.9 Å². The maximum absolute atomic E-state index is 12.8. The number of nitrogens with zero attached hydrogens (tertiary/aromatic N) is 1. The van der Waals surface area contributed by atoms with Gasteiger partial charge in [-0.05, 0) is 30.4 Å². The maximum Gasteiger partial charge on any atom is 0.231 e. The minimum atomic E-state index is -0.0421. The number of benzene rings is 1. The third-order valence-corrected chi connectivity index (χ3v) is 4.21. The van der Waals surface area contributed by atoms with Gasteiger partial charge in [0.05, 0.1) is 5.92 Å². The molecule has 0 aromatic heterocycles. The van der Waals surface area contributed by atoms with Gasteiger partial charge in [0.25, 0.3) is 0 Å². The Morgan fingerprint density at radius 1 is 1.35 bits per heavy atom. The monoisotopic (exact) mass is 274 g/mol. The minimum Gasteiger partial charge on any atom is -0.342 e. The molecule has 1 N–H and O–H groups in total. The Kier molecular flexibility index (Phi) is 4.81. The summed E-state index contributed by atoms with van der Waals surface area (Å²) in [4.78, 5) is 14.7. The van der Waals surface area contributed by atoms with Crippen LogP contribution in [0.2, 0.25) is 0 Å². The summed E-state index contributed by atoms with van der Waals surface area (Å²) in [5.41, 5.74) is 2.45. The molecule has 2 atom stereocenters. The molecular weight excluding hydrogens is 248 g/mol. The number of hydrogen-bond donors (Lipinski definition) is 1. The van der Waals surface area contributed by atoms with Gasteiger partial charge >= 0.3 is 0 Å². The van der Waals surface area contributed by atoms with Gasteiger partial charge in [0.2, 0.25) is 5.91 Å². The van der Waals surface area contributed by atoms with Crippen molar-refractivity contribution in [1.29, 1.82) is 0 Å². The standard InChI is InChI=1S/C17H26N2O/c1-12(2)9-13(3)19(4)17(20)16-11-18-10-14-7-5-6-8-15(14)16/h5-8,12-13,16,18H,9-11H2,1-4H3. The van der Waals surface area contributed by atoms with Crippen molar-refractivity contribution in [2.45, 2.75) is 45.7 Å². The van der Waals surface area contributed by atoms with Crippen LogP contribution in [0.5, 0.6) is 0 Å². The topological polar surface area (TPSA) is 32.3 Å². The molecule has 110 valence electrons. The van der Waals surface area contributed by atoms with Crippen molar-refractivity contribution in [2.75, 3.05) is 13.6 Å². The lowest BCUT2D eigenvalue weighted by molar-refractivity contribution is -0.133. The number of hydrogen-bond acceptors (Lipinski definition) is 2. The maximum atomic E-state index is 12.8. The molecule has 2 rings (SSSR count). The molecule has 1 heterocycles. The summed E-state index contributed by atoms with van der Waals surface area (Å²) in [7, 11) is 1.94. The fraction of sp³-hybridized carbons (Fsp3) is 0.588. The second-order valence-electron chi connectivity index (χ2n) is 6.31. The number of carbonyl (C=O) groups excluding carboxylic acids is 1. The first kappa shape index (κ1) is 15.0. The van der Waals surface area contributed by atoms with Gasteiger partial charge in [-0.15, -0.1) is 0 Å². The molecule has 0 saturated carbocycles. The first-order valence-electron chi connectivity index (χ1n) is 7.56. The zero-order valence-electron chi connectivity index (χ0n) is 13.0. The Labute approximate surface area is 122 Å². The Balaban J connectivity index is 2.14. The van der Waals surface area contributed by atoms with Crippen LogP contribution in [-0.2, 0) is 11.3 Å². The number of nitrogens with one attached hydrogen (secondary N) is 1. The van der Waals surface area contributed by atoms with E-state index in [1.165, 1.54) is 11.1 Å². The van der Waals surface area contributed by atoms with Crippen LogP contribution in [0.15, 0.2) is 24.3 Å². The highest BCUT2D eigenvalue weighted by Gasteiger charge is 2.30. The average Bonchev–Trinajstić information content (AvgIpc) is 2.44. The zero-order valence-corrected chi connectivity index (χ0v) is 13.0. The van der Waals surface area contributed by atoms with Crippen LogP contribution in [0, 0.1) is 5.92 Å². The molecule has 1 amide bonds. The molecule has 1 aliphatic rings. The number of rotatable bonds is 4. The molecule has 0 radical (unpaired) electrons. The van der Waals surface area contributed by atoms with Crippen molar-refractivity contribution in [3.8, 4) is 0 Å².